The predicted molar refractivity (Wildman–Crippen MR) is 53.2 cm³/mol. The standard InChI is InChI=1S/C8H8BF3NS/c1-7(9(10,11)12)6-14-8-2-4-13-5-3-8/h2-5H,1,6H2/q-1. The van der Waals surface area contributed by atoms with Gasteiger partial charge in [0.2, 0.25) is 0 Å². The summed E-state index contributed by atoms with van der Waals surface area (Å²) in [5.41, 5.74) is -0.660. The molecule has 1 heterocycles. The molecule has 1 nitrogen and oxygen atoms in total. The van der Waals surface area contributed by atoms with Crippen LogP contribution in [0.5, 0.6) is 0 Å². The second kappa shape index (κ2) is 4.55. The highest BCUT2D eigenvalue weighted by Crippen LogP contribution is 2.25. The van der Waals surface area contributed by atoms with E-state index in [4.69, 9.17) is 0 Å². The highest BCUT2D eigenvalue weighted by Gasteiger charge is 2.26. The first-order valence-electron chi connectivity index (χ1n) is 3.90. The van der Waals surface area contributed by atoms with Gasteiger partial charge in [-0.1, -0.05) is 0 Å². The van der Waals surface area contributed by atoms with Gasteiger partial charge in [-0.2, -0.15) is 0 Å². The van der Waals surface area contributed by atoms with Gasteiger partial charge in [0.1, 0.15) is 0 Å². The van der Waals surface area contributed by atoms with Crippen LogP contribution in [0.2, 0.25) is 0 Å². The molecule has 0 radical (unpaired) electrons. The molecule has 0 saturated heterocycles. The van der Waals surface area contributed by atoms with E-state index in [0.29, 0.717) is 0 Å². The van der Waals surface area contributed by atoms with Crippen molar-refractivity contribution in [2.45, 2.75) is 4.90 Å². The number of hydrogen-bond acceptors (Lipinski definition) is 2. The lowest BCUT2D eigenvalue weighted by Gasteiger charge is -2.16. The lowest BCUT2D eigenvalue weighted by Crippen LogP contribution is -2.20. The van der Waals surface area contributed by atoms with Gasteiger partial charge >= 0.3 is 6.98 Å². The lowest BCUT2D eigenvalue weighted by atomic mass is 9.82. The minimum absolute atomic E-state index is 0.118. The van der Waals surface area contributed by atoms with Gasteiger partial charge in [-0.3, -0.25) is 4.98 Å². The van der Waals surface area contributed by atoms with E-state index in [0.717, 1.165) is 16.7 Å². The van der Waals surface area contributed by atoms with Gasteiger partial charge in [0.15, 0.2) is 0 Å². The number of hydrogen-bond donors (Lipinski definition) is 0. The summed E-state index contributed by atoms with van der Waals surface area (Å²) in [4.78, 5) is 4.53. The number of nitrogens with zero attached hydrogens (tertiary/aromatic N) is 1. The summed E-state index contributed by atoms with van der Waals surface area (Å²) in [6.07, 6.45) is 3.09. The molecule has 0 amide bonds. The van der Waals surface area contributed by atoms with Gasteiger partial charge < -0.3 is 12.9 Å². The molecule has 0 spiro atoms. The predicted octanol–water partition coefficient (Wildman–Crippen LogP) is 3.12. The number of pyridine rings is 1. The smallest absolute Gasteiger partial charge is 0.445 e. The Morgan fingerprint density at radius 2 is 1.93 bits per heavy atom. The van der Waals surface area contributed by atoms with E-state index in [2.05, 4.69) is 11.6 Å². The first-order chi connectivity index (χ1) is 6.50. The summed E-state index contributed by atoms with van der Waals surface area (Å²) in [5.74, 6) is -0.118. The maximum atomic E-state index is 12.1. The average Bonchev–Trinajstić information content (AvgIpc) is 2.14. The van der Waals surface area contributed by atoms with Gasteiger partial charge in [0, 0.05) is 17.3 Å². The first-order valence-corrected chi connectivity index (χ1v) is 4.89. The minimum atomic E-state index is -4.90. The molecule has 0 fully saturated rings. The van der Waals surface area contributed by atoms with Crippen LogP contribution in [0.4, 0.5) is 12.9 Å². The molecule has 1 aromatic rings. The van der Waals surface area contributed by atoms with E-state index in [1.54, 1.807) is 24.5 Å². The van der Waals surface area contributed by atoms with Gasteiger partial charge in [-0.25, -0.2) is 0 Å². The zero-order chi connectivity index (χ0) is 10.6. The van der Waals surface area contributed by atoms with Crippen LogP contribution in [0.15, 0.2) is 41.5 Å². The zero-order valence-corrected chi connectivity index (χ0v) is 8.11. The molecule has 1 aromatic heterocycles. The summed E-state index contributed by atoms with van der Waals surface area (Å²) in [6, 6.07) is 3.34. The van der Waals surface area contributed by atoms with Crippen molar-refractivity contribution in [3.05, 3.63) is 36.6 Å². The van der Waals surface area contributed by atoms with Crippen molar-refractivity contribution in [3.63, 3.8) is 0 Å². The van der Waals surface area contributed by atoms with Crippen molar-refractivity contribution < 1.29 is 12.9 Å². The monoisotopic (exact) mass is 218 g/mol. The van der Waals surface area contributed by atoms with Gasteiger partial charge in [-0.05, 0) is 17.9 Å². The fourth-order valence-electron chi connectivity index (χ4n) is 0.705. The molecule has 0 atom stereocenters. The second-order valence-corrected chi connectivity index (χ2v) is 3.75. The third kappa shape index (κ3) is 3.45. The Morgan fingerprint density at radius 1 is 1.36 bits per heavy atom. The maximum absolute atomic E-state index is 12.1. The Morgan fingerprint density at radius 3 is 2.43 bits per heavy atom. The third-order valence-electron chi connectivity index (χ3n) is 1.54. The van der Waals surface area contributed by atoms with Crippen molar-refractivity contribution >= 4 is 18.7 Å². The fourth-order valence-corrected chi connectivity index (χ4v) is 1.56. The van der Waals surface area contributed by atoms with Crippen molar-refractivity contribution in [1.29, 1.82) is 0 Å². The Labute approximate surface area is 84.5 Å². The fraction of sp³-hybridized carbons (Fsp3) is 0.125. The molecule has 0 aliphatic rings. The molecule has 0 saturated carbocycles. The van der Waals surface area contributed by atoms with Crippen LogP contribution < -0.4 is 0 Å². The molecule has 6 heteroatoms. The molecular formula is C8H8BF3NS-. The van der Waals surface area contributed by atoms with E-state index in [1.807, 2.05) is 0 Å². The van der Waals surface area contributed by atoms with E-state index in [1.165, 1.54) is 0 Å². The van der Waals surface area contributed by atoms with Crippen LogP contribution in [0.1, 0.15) is 0 Å². The minimum Gasteiger partial charge on any atom is -0.445 e. The van der Waals surface area contributed by atoms with Gasteiger partial charge in [0.05, 0.1) is 0 Å². The number of halogens is 3. The van der Waals surface area contributed by atoms with E-state index in [-0.39, 0.29) is 5.75 Å². The van der Waals surface area contributed by atoms with Crippen LogP contribution in [0.3, 0.4) is 0 Å². The van der Waals surface area contributed by atoms with Crippen LogP contribution in [0.25, 0.3) is 0 Å². The Kier molecular flexibility index (Phi) is 3.63. The maximum Gasteiger partial charge on any atom is 0.505 e. The lowest BCUT2D eigenvalue weighted by molar-refractivity contribution is 0.491. The van der Waals surface area contributed by atoms with Gasteiger partial charge in [0.25, 0.3) is 0 Å². The molecule has 0 aliphatic carbocycles. The Hall–Kier alpha value is -0.905. The van der Waals surface area contributed by atoms with Crippen molar-refractivity contribution in [1.82, 2.24) is 4.98 Å². The van der Waals surface area contributed by atoms with E-state index < -0.39 is 12.4 Å². The van der Waals surface area contributed by atoms with Gasteiger partial charge in [-0.15, -0.1) is 23.8 Å². The quantitative estimate of drug-likeness (QED) is 0.568. The summed E-state index contributed by atoms with van der Waals surface area (Å²) in [6.45, 7) is -1.89. The summed E-state index contributed by atoms with van der Waals surface area (Å²) in [5, 5.41) is 0. The topological polar surface area (TPSA) is 12.9 Å². The van der Waals surface area contributed by atoms with Crippen LogP contribution in [-0.4, -0.2) is 17.7 Å². The van der Waals surface area contributed by atoms with Crippen LogP contribution in [0, 0.1) is 0 Å². The van der Waals surface area contributed by atoms with Crippen LogP contribution >= 0.6 is 11.8 Å². The number of thioether (sulfide) groups is 1. The van der Waals surface area contributed by atoms with E-state index >= 15 is 0 Å². The summed E-state index contributed by atoms with van der Waals surface area (Å²) >= 11 is 1.11. The molecule has 14 heavy (non-hydrogen) atoms. The molecule has 0 bridgehead atoms. The van der Waals surface area contributed by atoms with Crippen molar-refractivity contribution in [2.75, 3.05) is 5.75 Å². The number of aromatic nitrogens is 1. The second-order valence-electron chi connectivity index (χ2n) is 2.70. The normalized spacial score (nSPS) is 11.4. The first kappa shape index (κ1) is 11.2. The molecule has 0 aliphatic heterocycles. The highest BCUT2D eigenvalue weighted by atomic mass is 32.2. The zero-order valence-electron chi connectivity index (χ0n) is 7.29. The Bertz CT molecular complexity index is 312. The molecular weight excluding hydrogens is 210 g/mol. The van der Waals surface area contributed by atoms with Crippen molar-refractivity contribution in [2.24, 2.45) is 0 Å². The molecule has 0 unspecified atom stereocenters. The summed E-state index contributed by atoms with van der Waals surface area (Å²) in [7, 11) is 0. The van der Waals surface area contributed by atoms with E-state index in [9.17, 15) is 12.9 Å². The molecule has 1 rings (SSSR count). The largest absolute Gasteiger partial charge is 0.505 e. The van der Waals surface area contributed by atoms with Crippen LogP contribution in [-0.2, 0) is 0 Å². The molecule has 0 N–H and O–H groups in total. The van der Waals surface area contributed by atoms with Crippen molar-refractivity contribution in [3.8, 4) is 0 Å². The third-order valence-corrected chi connectivity index (χ3v) is 2.66. The number of rotatable bonds is 4. The Balaban J connectivity index is 2.46. The molecule has 76 valence electrons. The summed E-state index contributed by atoms with van der Waals surface area (Å²) < 4.78 is 36.3. The molecule has 0 aromatic carbocycles. The highest BCUT2D eigenvalue weighted by molar-refractivity contribution is 7.99. The SMILES string of the molecule is C=C(CSc1ccncc1)[B-](F)(F)F. The average molecular weight is 218 g/mol.